The second-order valence-electron chi connectivity index (χ2n) is 7.01. The number of rotatable bonds is 5. The maximum absolute atomic E-state index is 14.2. The fourth-order valence-electron chi connectivity index (χ4n) is 3.14. The summed E-state index contributed by atoms with van der Waals surface area (Å²) in [6.45, 7) is 0.300. The standard InChI is InChI=1S/C24H15BrClFN2O4/c25-16-8-5-14(6-9-16)13-33-21-10-7-15(12-18(21)26)11-17-22(30)28-24(32)29(23(17)31)20-4-2-1-3-19(20)27/h1-12H,13H2,(H,28,30,32)/b17-11-. The highest BCUT2D eigenvalue weighted by Gasteiger charge is 2.37. The van der Waals surface area contributed by atoms with Gasteiger partial charge in [-0.1, -0.05) is 57.9 Å². The molecule has 0 saturated carbocycles. The average molecular weight is 530 g/mol. The summed E-state index contributed by atoms with van der Waals surface area (Å²) in [6, 6.07) is 16.6. The van der Waals surface area contributed by atoms with E-state index in [1.54, 1.807) is 12.1 Å². The van der Waals surface area contributed by atoms with Crippen LogP contribution in [-0.4, -0.2) is 17.8 Å². The number of carbonyl (C=O) groups excluding carboxylic acids is 3. The van der Waals surface area contributed by atoms with E-state index >= 15 is 0 Å². The van der Waals surface area contributed by atoms with Gasteiger partial charge in [0.15, 0.2) is 0 Å². The van der Waals surface area contributed by atoms with Crippen LogP contribution in [-0.2, 0) is 16.2 Å². The molecule has 0 bridgehead atoms. The van der Waals surface area contributed by atoms with Crippen LogP contribution < -0.4 is 15.0 Å². The Hall–Kier alpha value is -3.49. The zero-order valence-electron chi connectivity index (χ0n) is 16.8. The van der Waals surface area contributed by atoms with E-state index < -0.39 is 23.7 Å². The van der Waals surface area contributed by atoms with Gasteiger partial charge in [-0.05, 0) is 53.6 Å². The molecule has 0 atom stereocenters. The lowest BCUT2D eigenvalue weighted by Gasteiger charge is -2.26. The molecule has 1 heterocycles. The number of carbonyl (C=O) groups is 3. The van der Waals surface area contributed by atoms with Crippen LogP contribution >= 0.6 is 27.5 Å². The highest BCUT2D eigenvalue weighted by molar-refractivity contribution is 9.10. The van der Waals surface area contributed by atoms with Crippen LogP contribution in [0.3, 0.4) is 0 Å². The van der Waals surface area contributed by atoms with Gasteiger partial charge in [-0.15, -0.1) is 0 Å². The number of para-hydroxylation sites is 1. The summed E-state index contributed by atoms with van der Waals surface area (Å²) in [4.78, 5) is 38.0. The van der Waals surface area contributed by atoms with E-state index in [1.807, 2.05) is 24.3 Å². The summed E-state index contributed by atoms with van der Waals surface area (Å²) in [6.07, 6.45) is 1.28. The van der Waals surface area contributed by atoms with Gasteiger partial charge in [0.25, 0.3) is 11.8 Å². The van der Waals surface area contributed by atoms with Crippen molar-refractivity contribution < 1.29 is 23.5 Å². The third kappa shape index (κ3) is 4.97. The van der Waals surface area contributed by atoms with E-state index in [9.17, 15) is 18.8 Å². The first kappa shape index (κ1) is 22.7. The summed E-state index contributed by atoms with van der Waals surface area (Å²) in [5.74, 6) is -2.18. The molecular formula is C24H15BrClFN2O4. The topological polar surface area (TPSA) is 75.7 Å². The number of urea groups is 1. The van der Waals surface area contributed by atoms with Crippen LogP contribution in [0.1, 0.15) is 11.1 Å². The summed E-state index contributed by atoms with van der Waals surface area (Å²) in [7, 11) is 0. The lowest BCUT2D eigenvalue weighted by atomic mass is 10.1. The fraction of sp³-hybridized carbons (Fsp3) is 0.0417. The first-order valence-electron chi connectivity index (χ1n) is 9.66. The molecule has 6 nitrogen and oxygen atoms in total. The predicted octanol–water partition coefficient (Wildman–Crippen LogP) is 5.49. The Kier molecular flexibility index (Phi) is 6.57. The number of ether oxygens (including phenoxy) is 1. The second kappa shape index (κ2) is 9.56. The molecule has 0 aromatic heterocycles. The Morgan fingerprint density at radius 2 is 1.76 bits per heavy atom. The van der Waals surface area contributed by atoms with Crippen molar-refractivity contribution in [1.29, 1.82) is 0 Å². The molecule has 4 rings (SSSR count). The maximum Gasteiger partial charge on any atom is 0.336 e. The van der Waals surface area contributed by atoms with Crippen LogP contribution in [0.4, 0.5) is 14.9 Å². The number of hydrogen-bond donors (Lipinski definition) is 1. The molecule has 1 N–H and O–H groups in total. The van der Waals surface area contributed by atoms with Crippen LogP contribution in [0.25, 0.3) is 6.08 Å². The number of hydrogen-bond acceptors (Lipinski definition) is 4. The molecule has 0 aliphatic carbocycles. The highest BCUT2D eigenvalue weighted by atomic mass is 79.9. The Morgan fingerprint density at radius 1 is 1.03 bits per heavy atom. The predicted molar refractivity (Wildman–Crippen MR) is 125 cm³/mol. The maximum atomic E-state index is 14.2. The number of nitrogens with zero attached hydrogens (tertiary/aromatic N) is 1. The molecule has 1 saturated heterocycles. The molecule has 9 heteroatoms. The van der Waals surface area contributed by atoms with Gasteiger partial charge < -0.3 is 4.74 Å². The van der Waals surface area contributed by atoms with E-state index in [0.717, 1.165) is 16.1 Å². The van der Waals surface area contributed by atoms with Gasteiger partial charge >= 0.3 is 6.03 Å². The summed E-state index contributed by atoms with van der Waals surface area (Å²) in [5.41, 5.74) is 0.783. The quantitative estimate of drug-likeness (QED) is 0.350. The zero-order valence-corrected chi connectivity index (χ0v) is 19.2. The summed E-state index contributed by atoms with van der Waals surface area (Å²) < 4.78 is 20.9. The Balaban J connectivity index is 1.57. The monoisotopic (exact) mass is 528 g/mol. The SMILES string of the molecule is O=C1NC(=O)N(c2ccccc2F)C(=O)/C1=C\c1ccc(OCc2ccc(Br)cc2)c(Cl)c1. The van der Waals surface area contributed by atoms with E-state index in [4.69, 9.17) is 16.3 Å². The van der Waals surface area contributed by atoms with Gasteiger partial charge in [0, 0.05) is 4.47 Å². The zero-order chi connectivity index (χ0) is 23.5. The van der Waals surface area contributed by atoms with Gasteiger partial charge in [0.1, 0.15) is 23.7 Å². The Morgan fingerprint density at radius 3 is 2.45 bits per heavy atom. The van der Waals surface area contributed by atoms with Gasteiger partial charge in [-0.3, -0.25) is 14.9 Å². The van der Waals surface area contributed by atoms with Crippen molar-refractivity contribution >= 4 is 57.1 Å². The summed E-state index contributed by atoms with van der Waals surface area (Å²) in [5, 5.41) is 2.33. The molecule has 0 radical (unpaired) electrons. The van der Waals surface area contributed by atoms with Crippen LogP contribution in [0.2, 0.25) is 5.02 Å². The second-order valence-corrected chi connectivity index (χ2v) is 8.34. The molecule has 1 aliphatic rings. The van der Waals surface area contributed by atoms with Crippen LogP contribution in [0.15, 0.2) is 76.8 Å². The van der Waals surface area contributed by atoms with Crippen molar-refractivity contribution in [2.75, 3.05) is 4.90 Å². The van der Waals surface area contributed by atoms with Gasteiger partial charge in [0.05, 0.1) is 10.7 Å². The molecule has 33 heavy (non-hydrogen) atoms. The Labute approximate surface area is 201 Å². The average Bonchev–Trinajstić information content (AvgIpc) is 2.78. The lowest BCUT2D eigenvalue weighted by Crippen LogP contribution is -2.54. The van der Waals surface area contributed by atoms with Crippen molar-refractivity contribution in [3.63, 3.8) is 0 Å². The fourth-order valence-corrected chi connectivity index (χ4v) is 3.65. The minimum atomic E-state index is -1.03. The van der Waals surface area contributed by atoms with Crippen LogP contribution in [0, 0.1) is 5.82 Å². The molecule has 3 aromatic rings. The molecule has 166 valence electrons. The number of barbiturate groups is 1. The lowest BCUT2D eigenvalue weighted by molar-refractivity contribution is -0.122. The van der Waals surface area contributed by atoms with E-state index in [0.29, 0.717) is 22.8 Å². The van der Waals surface area contributed by atoms with Crippen LogP contribution in [0.5, 0.6) is 5.75 Å². The van der Waals surface area contributed by atoms with Crippen molar-refractivity contribution in [3.05, 3.63) is 98.7 Å². The summed E-state index contributed by atoms with van der Waals surface area (Å²) >= 11 is 9.69. The molecular weight excluding hydrogens is 515 g/mol. The molecule has 3 aromatic carbocycles. The number of amides is 4. The van der Waals surface area contributed by atoms with Crippen molar-refractivity contribution in [2.45, 2.75) is 6.61 Å². The van der Waals surface area contributed by atoms with E-state index in [-0.39, 0.29) is 16.3 Å². The Bertz CT molecular complexity index is 1290. The smallest absolute Gasteiger partial charge is 0.336 e. The van der Waals surface area contributed by atoms with Crippen molar-refractivity contribution in [3.8, 4) is 5.75 Å². The van der Waals surface area contributed by atoms with Gasteiger partial charge in [-0.25, -0.2) is 14.1 Å². The van der Waals surface area contributed by atoms with Crippen molar-refractivity contribution in [2.24, 2.45) is 0 Å². The molecule has 0 spiro atoms. The molecule has 1 fully saturated rings. The van der Waals surface area contributed by atoms with E-state index in [1.165, 1.54) is 30.3 Å². The van der Waals surface area contributed by atoms with E-state index in [2.05, 4.69) is 21.2 Å². The number of anilines is 1. The molecule has 4 amide bonds. The third-order valence-electron chi connectivity index (χ3n) is 4.77. The number of halogens is 3. The minimum Gasteiger partial charge on any atom is -0.487 e. The largest absolute Gasteiger partial charge is 0.487 e. The molecule has 0 unspecified atom stereocenters. The third-order valence-corrected chi connectivity index (χ3v) is 5.59. The first-order chi connectivity index (χ1) is 15.8. The number of nitrogens with one attached hydrogen (secondary N) is 1. The van der Waals surface area contributed by atoms with Gasteiger partial charge in [0.2, 0.25) is 0 Å². The first-order valence-corrected chi connectivity index (χ1v) is 10.8. The number of benzene rings is 3. The van der Waals surface area contributed by atoms with Crippen molar-refractivity contribution in [1.82, 2.24) is 5.32 Å². The number of imide groups is 2. The molecule has 1 aliphatic heterocycles. The highest BCUT2D eigenvalue weighted by Crippen LogP contribution is 2.29. The minimum absolute atomic E-state index is 0.256. The van der Waals surface area contributed by atoms with Gasteiger partial charge in [-0.2, -0.15) is 0 Å². The normalized spacial score (nSPS) is 15.1.